The minimum absolute atomic E-state index is 0.914. The van der Waals surface area contributed by atoms with E-state index in [1.165, 1.54) is 42.0 Å². The third kappa shape index (κ3) is 5.43. The van der Waals surface area contributed by atoms with E-state index in [1.54, 1.807) is 0 Å². The molecule has 0 bridgehead atoms. The van der Waals surface area contributed by atoms with Crippen LogP contribution in [0.3, 0.4) is 0 Å². The number of ether oxygens (including phenoxy) is 1. The molecule has 0 unspecified atom stereocenters. The van der Waals surface area contributed by atoms with Crippen LogP contribution in [-0.4, -0.2) is 51.0 Å². The number of aliphatic imine (C=N–C) groups is 1. The maximum Gasteiger partial charge on any atom is 0.0594 e. The van der Waals surface area contributed by atoms with Gasteiger partial charge >= 0.3 is 0 Å². The highest BCUT2D eigenvalue weighted by Gasteiger charge is 2.09. The molecule has 0 aliphatic carbocycles. The molecule has 1 fully saturated rings. The van der Waals surface area contributed by atoms with Crippen molar-refractivity contribution in [3.63, 3.8) is 0 Å². The molecule has 3 nitrogen and oxygen atoms in total. The SMILES string of the molecule is CN=Cc1ccc(CCCCCN2CCOCC2)s1. The zero-order valence-electron chi connectivity index (χ0n) is 11.8. The van der Waals surface area contributed by atoms with E-state index < -0.39 is 0 Å². The van der Waals surface area contributed by atoms with Gasteiger partial charge in [0.25, 0.3) is 0 Å². The molecule has 106 valence electrons. The smallest absolute Gasteiger partial charge is 0.0594 e. The highest BCUT2D eigenvalue weighted by atomic mass is 32.1. The number of morpholine rings is 1. The molecule has 4 heteroatoms. The molecule has 1 saturated heterocycles. The Morgan fingerprint density at radius 3 is 2.89 bits per heavy atom. The molecule has 0 saturated carbocycles. The van der Waals surface area contributed by atoms with Gasteiger partial charge in [0.05, 0.1) is 13.2 Å². The molecular weight excluding hydrogens is 256 g/mol. The molecule has 0 atom stereocenters. The van der Waals surface area contributed by atoms with Gasteiger partial charge in [0, 0.05) is 36.1 Å². The van der Waals surface area contributed by atoms with Gasteiger partial charge in [-0.05, 0) is 37.9 Å². The zero-order chi connectivity index (χ0) is 13.3. The van der Waals surface area contributed by atoms with E-state index in [4.69, 9.17) is 4.74 Å². The summed E-state index contributed by atoms with van der Waals surface area (Å²) in [4.78, 5) is 9.33. The monoisotopic (exact) mass is 280 g/mol. The highest BCUT2D eigenvalue weighted by molar-refractivity contribution is 7.13. The van der Waals surface area contributed by atoms with E-state index in [9.17, 15) is 0 Å². The maximum atomic E-state index is 5.36. The van der Waals surface area contributed by atoms with Crippen LogP contribution in [0.5, 0.6) is 0 Å². The number of aryl methyl sites for hydroxylation is 1. The standard InChI is InChI=1S/C15H24N2OS/c1-16-13-15-7-6-14(19-15)5-3-2-4-8-17-9-11-18-12-10-17/h6-7,13H,2-5,8-12H2,1H3. The normalized spacial score (nSPS) is 17.3. The fourth-order valence-electron chi connectivity index (χ4n) is 2.36. The molecule has 1 aromatic rings. The predicted octanol–water partition coefficient (Wildman–Crippen LogP) is 2.84. The van der Waals surface area contributed by atoms with Gasteiger partial charge in [-0.3, -0.25) is 9.89 Å². The average Bonchev–Trinajstić information content (AvgIpc) is 2.88. The summed E-state index contributed by atoms with van der Waals surface area (Å²) < 4.78 is 5.36. The van der Waals surface area contributed by atoms with Crippen molar-refractivity contribution in [2.45, 2.75) is 25.7 Å². The lowest BCUT2D eigenvalue weighted by molar-refractivity contribution is 0.0371. The molecular formula is C15H24N2OS. The molecule has 1 aliphatic rings. The third-order valence-electron chi connectivity index (χ3n) is 3.44. The second-order valence-electron chi connectivity index (χ2n) is 4.96. The lowest BCUT2D eigenvalue weighted by Gasteiger charge is -2.26. The number of thiophene rings is 1. The molecule has 19 heavy (non-hydrogen) atoms. The summed E-state index contributed by atoms with van der Waals surface area (Å²) in [6.07, 6.45) is 7.09. The van der Waals surface area contributed by atoms with Gasteiger partial charge in [0.2, 0.25) is 0 Å². The summed E-state index contributed by atoms with van der Waals surface area (Å²) >= 11 is 1.87. The van der Waals surface area contributed by atoms with E-state index in [-0.39, 0.29) is 0 Å². The summed E-state index contributed by atoms with van der Waals surface area (Å²) in [6.45, 7) is 5.30. The fraction of sp³-hybridized carbons (Fsp3) is 0.667. The lowest BCUT2D eigenvalue weighted by Crippen LogP contribution is -2.36. The van der Waals surface area contributed by atoms with Gasteiger partial charge in [0.15, 0.2) is 0 Å². The van der Waals surface area contributed by atoms with Gasteiger partial charge in [-0.2, -0.15) is 0 Å². The third-order valence-corrected chi connectivity index (χ3v) is 4.52. The summed E-state index contributed by atoms with van der Waals surface area (Å²) in [5.74, 6) is 0. The van der Waals surface area contributed by atoms with E-state index in [2.05, 4.69) is 22.0 Å². The van der Waals surface area contributed by atoms with E-state index in [0.717, 1.165) is 26.3 Å². The van der Waals surface area contributed by atoms with Gasteiger partial charge < -0.3 is 4.74 Å². The van der Waals surface area contributed by atoms with Crippen molar-refractivity contribution in [2.75, 3.05) is 39.9 Å². The average molecular weight is 280 g/mol. The molecule has 0 aromatic carbocycles. The Morgan fingerprint density at radius 2 is 2.11 bits per heavy atom. The number of rotatable bonds is 7. The van der Waals surface area contributed by atoms with E-state index in [1.807, 2.05) is 24.6 Å². The van der Waals surface area contributed by atoms with Crippen LogP contribution in [0.15, 0.2) is 17.1 Å². The highest BCUT2D eigenvalue weighted by Crippen LogP contribution is 2.17. The minimum atomic E-state index is 0.914. The van der Waals surface area contributed by atoms with Crippen molar-refractivity contribution in [3.05, 3.63) is 21.9 Å². The molecule has 2 rings (SSSR count). The number of unbranched alkanes of at least 4 members (excludes halogenated alkanes) is 2. The largest absolute Gasteiger partial charge is 0.379 e. The summed E-state index contributed by atoms with van der Waals surface area (Å²) in [5, 5.41) is 0. The summed E-state index contributed by atoms with van der Waals surface area (Å²) in [7, 11) is 1.82. The van der Waals surface area contributed by atoms with Gasteiger partial charge in [-0.1, -0.05) is 6.42 Å². The van der Waals surface area contributed by atoms with Crippen LogP contribution in [0.25, 0.3) is 0 Å². The van der Waals surface area contributed by atoms with Crippen LogP contribution < -0.4 is 0 Å². The first-order valence-electron chi connectivity index (χ1n) is 7.19. The van der Waals surface area contributed by atoms with E-state index >= 15 is 0 Å². The predicted molar refractivity (Wildman–Crippen MR) is 82.7 cm³/mol. The minimum Gasteiger partial charge on any atom is -0.379 e. The lowest BCUT2D eigenvalue weighted by atomic mass is 10.1. The van der Waals surface area contributed by atoms with Crippen molar-refractivity contribution < 1.29 is 4.74 Å². The molecule has 1 aliphatic heterocycles. The van der Waals surface area contributed by atoms with Crippen LogP contribution in [0.4, 0.5) is 0 Å². The molecule has 1 aromatic heterocycles. The van der Waals surface area contributed by atoms with Crippen LogP contribution >= 0.6 is 11.3 Å². The van der Waals surface area contributed by atoms with Gasteiger partial charge in [-0.15, -0.1) is 11.3 Å². The quantitative estimate of drug-likeness (QED) is 0.567. The van der Waals surface area contributed by atoms with Crippen molar-refractivity contribution >= 4 is 17.6 Å². The number of nitrogens with zero attached hydrogens (tertiary/aromatic N) is 2. The molecule has 0 radical (unpaired) electrons. The van der Waals surface area contributed by atoms with Crippen molar-refractivity contribution in [2.24, 2.45) is 4.99 Å². The van der Waals surface area contributed by atoms with Crippen LogP contribution in [-0.2, 0) is 11.2 Å². The number of hydrogen-bond donors (Lipinski definition) is 0. The fourth-order valence-corrected chi connectivity index (χ4v) is 3.34. The topological polar surface area (TPSA) is 24.8 Å². The Balaban J connectivity index is 1.55. The molecule has 2 heterocycles. The van der Waals surface area contributed by atoms with Gasteiger partial charge in [0.1, 0.15) is 0 Å². The second kappa shape index (κ2) is 8.46. The number of hydrogen-bond acceptors (Lipinski definition) is 4. The van der Waals surface area contributed by atoms with Crippen molar-refractivity contribution in [1.29, 1.82) is 0 Å². The summed E-state index contributed by atoms with van der Waals surface area (Å²) in [5.41, 5.74) is 0. The molecule has 0 spiro atoms. The van der Waals surface area contributed by atoms with Gasteiger partial charge in [-0.25, -0.2) is 0 Å². The zero-order valence-corrected chi connectivity index (χ0v) is 12.6. The Bertz CT molecular complexity index is 383. The summed E-state index contributed by atoms with van der Waals surface area (Å²) in [6, 6.07) is 4.41. The maximum absolute atomic E-state index is 5.36. The first kappa shape index (κ1) is 14.7. The van der Waals surface area contributed by atoms with Crippen LogP contribution in [0.2, 0.25) is 0 Å². The van der Waals surface area contributed by atoms with E-state index in [0.29, 0.717) is 0 Å². The Morgan fingerprint density at radius 1 is 1.26 bits per heavy atom. The Labute approximate surface area is 120 Å². The van der Waals surface area contributed by atoms with Crippen LogP contribution in [0, 0.1) is 0 Å². The molecule has 0 N–H and O–H groups in total. The van der Waals surface area contributed by atoms with Crippen molar-refractivity contribution in [1.82, 2.24) is 4.90 Å². The Hall–Kier alpha value is -0.710. The first-order chi connectivity index (χ1) is 9.38. The Kier molecular flexibility index (Phi) is 6.54. The van der Waals surface area contributed by atoms with Crippen LogP contribution in [0.1, 0.15) is 29.0 Å². The first-order valence-corrected chi connectivity index (χ1v) is 8.01. The van der Waals surface area contributed by atoms with Crippen molar-refractivity contribution in [3.8, 4) is 0 Å². The second-order valence-corrected chi connectivity index (χ2v) is 6.16. The molecule has 0 amide bonds.